The van der Waals surface area contributed by atoms with E-state index in [2.05, 4.69) is 4.74 Å². The van der Waals surface area contributed by atoms with Gasteiger partial charge in [-0.2, -0.15) is 0 Å². The van der Waals surface area contributed by atoms with Crippen LogP contribution in [-0.4, -0.2) is 12.4 Å². The van der Waals surface area contributed by atoms with Gasteiger partial charge in [0.05, 0.1) is 12.7 Å². The SMILES string of the molecule is COc1c(F)ccc(C(=O)Cl)c1F. The van der Waals surface area contributed by atoms with Crippen molar-refractivity contribution in [1.29, 1.82) is 0 Å². The normalized spacial score (nSPS) is 9.85. The van der Waals surface area contributed by atoms with E-state index in [9.17, 15) is 13.6 Å². The zero-order chi connectivity index (χ0) is 10.0. The van der Waals surface area contributed by atoms with Crippen LogP contribution in [0.4, 0.5) is 8.78 Å². The molecule has 5 heteroatoms. The Bertz CT molecular complexity index is 352. The summed E-state index contributed by atoms with van der Waals surface area (Å²) < 4.78 is 30.3. The molecule has 0 atom stereocenters. The number of hydrogen-bond acceptors (Lipinski definition) is 2. The van der Waals surface area contributed by atoms with Gasteiger partial charge in [-0.3, -0.25) is 4.79 Å². The molecule has 0 amide bonds. The average molecular weight is 207 g/mol. The Kier molecular flexibility index (Phi) is 2.83. The van der Waals surface area contributed by atoms with Crippen LogP contribution in [0.3, 0.4) is 0 Å². The minimum atomic E-state index is -1.08. The quantitative estimate of drug-likeness (QED) is 0.695. The van der Waals surface area contributed by atoms with Crippen LogP contribution in [0.2, 0.25) is 0 Å². The van der Waals surface area contributed by atoms with Crippen LogP contribution in [0.25, 0.3) is 0 Å². The van der Waals surface area contributed by atoms with Crippen LogP contribution in [0.15, 0.2) is 12.1 Å². The van der Waals surface area contributed by atoms with Gasteiger partial charge in [0, 0.05) is 0 Å². The largest absolute Gasteiger partial charge is 0.491 e. The molecule has 2 nitrogen and oxygen atoms in total. The van der Waals surface area contributed by atoms with Crippen molar-refractivity contribution in [3.63, 3.8) is 0 Å². The molecule has 0 saturated carbocycles. The number of halogens is 3. The highest BCUT2D eigenvalue weighted by molar-refractivity contribution is 6.67. The Morgan fingerprint density at radius 1 is 1.46 bits per heavy atom. The monoisotopic (exact) mass is 206 g/mol. The van der Waals surface area contributed by atoms with E-state index in [4.69, 9.17) is 11.6 Å². The van der Waals surface area contributed by atoms with Crippen LogP contribution >= 0.6 is 11.6 Å². The predicted octanol–water partition coefficient (Wildman–Crippen LogP) is 2.35. The van der Waals surface area contributed by atoms with Gasteiger partial charge in [-0.1, -0.05) is 0 Å². The van der Waals surface area contributed by atoms with Gasteiger partial charge in [-0.05, 0) is 23.7 Å². The molecular formula is C8H5ClF2O2. The van der Waals surface area contributed by atoms with E-state index in [0.717, 1.165) is 19.2 Å². The highest BCUT2D eigenvalue weighted by Gasteiger charge is 2.17. The fourth-order valence-electron chi connectivity index (χ4n) is 0.871. The number of rotatable bonds is 2. The molecule has 0 N–H and O–H groups in total. The second-order valence-corrected chi connectivity index (χ2v) is 2.56. The highest BCUT2D eigenvalue weighted by Crippen LogP contribution is 2.24. The van der Waals surface area contributed by atoms with Gasteiger partial charge in [-0.15, -0.1) is 0 Å². The molecule has 0 spiro atoms. The van der Waals surface area contributed by atoms with Crippen LogP contribution in [0.5, 0.6) is 5.75 Å². The van der Waals surface area contributed by atoms with E-state index in [-0.39, 0.29) is 0 Å². The van der Waals surface area contributed by atoms with Crippen LogP contribution in [-0.2, 0) is 0 Å². The van der Waals surface area contributed by atoms with Gasteiger partial charge in [0.15, 0.2) is 17.4 Å². The summed E-state index contributed by atoms with van der Waals surface area (Å²) in [5.74, 6) is -2.56. The van der Waals surface area contributed by atoms with Crippen LogP contribution in [0, 0.1) is 11.6 Å². The molecule has 0 radical (unpaired) electrons. The zero-order valence-corrected chi connectivity index (χ0v) is 7.36. The van der Waals surface area contributed by atoms with Crippen molar-refractivity contribution in [2.45, 2.75) is 0 Å². The highest BCUT2D eigenvalue weighted by atomic mass is 35.5. The first-order valence-corrected chi connectivity index (χ1v) is 3.67. The summed E-state index contributed by atoms with van der Waals surface area (Å²) in [5.41, 5.74) is -0.403. The lowest BCUT2D eigenvalue weighted by Crippen LogP contribution is -2.00. The van der Waals surface area contributed by atoms with E-state index in [1.54, 1.807) is 0 Å². The van der Waals surface area contributed by atoms with E-state index >= 15 is 0 Å². The molecular weight excluding hydrogens is 202 g/mol. The van der Waals surface area contributed by atoms with Gasteiger partial charge < -0.3 is 4.74 Å². The minimum Gasteiger partial charge on any atom is -0.491 e. The first kappa shape index (κ1) is 9.92. The van der Waals surface area contributed by atoms with Gasteiger partial charge in [0.2, 0.25) is 0 Å². The minimum absolute atomic E-state index is 0.403. The van der Waals surface area contributed by atoms with Crippen molar-refractivity contribution in [3.05, 3.63) is 29.3 Å². The maximum atomic E-state index is 13.1. The number of benzene rings is 1. The maximum Gasteiger partial charge on any atom is 0.255 e. The average Bonchev–Trinajstić information content (AvgIpc) is 2.04. The summed E-state index contributed by atoms with van der Waals surface area (Å²) in [6.07, 6.45) is 0. The third-order valence-electron chi connectivity index (χ3n) is 1.46. The van der Waals surface area contributed by atoms with E-state index in [1.165, 1.54) is 0 Å². The molecule has 1 aromatic carbocycles. The third kappa shape index (κ3) is 1.78. The Morgan fingerprint density at radius 2 is 2.08 bits per heavy atom. The molecule has 13 heavy (non-hydrogen) atoms. The molecule has 0 saturated heterocycles. The van der Waals surface area contributed by atoms with Gasteiger partial charge in [0.1, 0.15) is 0 Å². The number of methoxy groups -OCH3 is 1. The summed E-state index contributed by atoms with van der Waals surface area (Å²) in [6.45, 7) is 0. The lowest BCUT2D eigenvalue weighted by atomic mass is 10.2. The summed E-state index contributed by atoms with van der Waals surface area (Å²) in [5, 5.41) is -0.990. The van der Waals surface area contributed by atoms with Gasteiger partial charge >= 0.3 is 0 Å². The van der Waals surface area contributed by atoms with Crippen LogP contribution in [0.1, 0.15) is 10.4 Å². The molecule has 0 aliphatic rings. The molecule has 1 rings (SSSR count). The van der Waals surface area contributed by atoms with Crippen LogP contribution < -0.4 is 4.74 Å². The van der Waals surface area contributed by atoms with E-state index < -0.39 is 28.2 Å². The standard InChI is InChI=1S/C8H5ClF2O2/c1-13-7-5(10)3-2-4(6(7)11)8(9)12/h2-3H,1H3. The Morgan fingerprint density at radius 3 is 2.54 bits per heavy atom. The first-order chi connectivity index (χ1) is 6.07. The molecule has 0 bridgehead atoms. The summed E-state index contributed by atoms with van der Waals surface area (Å²) in [7, 11) is 1.10. The zero-order valence-electron chi connectivity index (χ0n) is 6.61. The third-order valence-corrected chi connectivity index (χ3v) is 1.67. The molecule has 0 fully saturated rings. The summed E-state index contributed by atoms with van der Waals surface area (Å²) >= 11 is 5.03. The number of carbonyl (C=O) groups is 1. The van der Waals surface area contributed by atoms with Crippen molar-refractivity contribution >= 4 is 16.8 Å². The second kappa shape index (κ2) is 3.70. The van der Waals surface area contributed by atoms with Crippen molar-refractivity contribution < 1.29 is 18.3 Å². The smallest absolute Gasteiger partial charge is 0.255 e. The summed E-state index contributed by atoms with van der Waals surface area (Å²) in [4.78, 5) is 10.6. The van der Waals surface area contributed by atoms with Crippen molar-refractivity contribution in [1.82, 2.24) is 0 Å². The molecule has 0 aliphatic heterocycles. The van der Waals surface area contributed by atoms with Crippen molar-refractivity contribution in [3.8, 4) is 5.75 Å². The Labute approximate surface area is 78.1 Å². The fraction of sp³-hybridized carbons (Fsp3) is 0.125. The van der Waals surface area contributed by atoms with Crippen molar-refractivity contribution in [2.24, 2.45) is 0 Å². The second-order valence-electron chi connectivity index (χ2n) is 2.22. The molecule has 0 unspecified atom stereocenters. The van der Waals surface area contributed by atoms with Crippen molar-refractivity contribution in [2.75, 3.05) is 7.11 Å². The lowest BCUT2D eigenvalue weighted by molar-refractivity contribution is 0.107. The Balaban J connectivity index is 3.35. The number of carbonyl (C=O) groups excluding carboxylic acids is 1. The Hall–Kier alpha value is -1.16. The topological polar surface area (TPSA) is 26.3 Å². The summed E-state index contributed by atoms with van der Waals surface area (Å²) in [6, 6.07) is 1.88. The van der Waals surface area contributed by atoms with Gasteiger partial charge in [0.25, 0.3) is 5.24 Å². The predicted molar refractivity (Wildman–Crippen MR) is 43.1 cm³/mol. The molecule has 0 aromatic heterocycles. The van der Waals surface area contributed by atoms with E-state index in [1.807, 2.05) is 0 Å². The fourth-order valence-corrected chi connectivity index (χ4v) is 1.02. The van der Waals surface area contributed by atoms with E-state index in [0.29, 0.717) is 0 Å². The van der Waals surface area contributed by atoms with Gasteiger partial charge in [-0.25, -0.2) is 8.78 Å². The molecule has 0 heterocycles. The lowest BCUT2D eigenvalue weighted by Gasteiger charge is -2.04. The number of ether oxygens (including phenoxy) is 1. The molecule has 0 aliphatic carbocycles. The maximum absolute atomic E-state index is 13.1. The number of hydrogen-bond donors (Lipinski definition) is 0. The molecule has 70 valence electrons. The first-order valence-electron chi connectivity index (χ1n) is 3.29. The molecule has 1 aromatic rings.